The molecule has 1 atom stereocenters. The van der Waals surface area contributed by atoms with E-state index in [1.807, 2.05) is 0 Å². The Kier molecular flexibility index (Phi) is 6.61. The number of aryl methyl sites for hydroxylation is 2. The van der Waals surface area contributed by atoms with E-state index in [2.05, 4.69) is 10.6 Å². The second-order valence-electron chi connectivity index (χ2n) is 6.58. The van der Waals surface area contributed by atoms with Gasteiger partial charge in [-0.3, -0.25) is 9.32 Å². The van der Waals surface area contributed by atoms with Crippen LogP contribution in [-0.2, 0) is 29.4 Å². The van der Waals surface area contributed by atoms with E-state index in [9.17, 15) is 14.4 Å². The number of hydrogen-bond acceptors (Lipinski definition) is 7. The molecule has 1 unspecified atom stereocenters. The molecule has 0 radical (unpaired) electrons. The van der Waals surface area contributed by atoms with Crippen molar-refractivity contribution in [2.75, 3.05) is 11.9 Å². The zero-order valence-corrected chi connectivity index (χ0v) is 17.8. The Balaban J connectivity index is 1.83. The van der Waals surface area contributed by atoms with Crippen molar-refractivity contribution >= 4 is 40.0 Å². The Bertz CT molecular complexity index is 930. The number of nitrogens with one attached hydrogen (secondary N) is 2. The summed E-state index contributed by atoms with van der Waals surface area (Å²) in [6.45, 7) is 3.75. The summed E-state index contributed by atoms with van der Waals surface area (Å²) in [6, 6.07) is 0. The first-order valence-electron chi connectivity index (χ1n) is 9.29. The molecule has 0 aromatic carbocycles. The summed E-state index contributed by atoms with van der Waals surface area (Å²) in [5, 5.41) is 5.59. The molecule has 3 rings (SSSR count). The number of nitrogens with zero attached hydrogens (tertiary/aromatic N) is 1. The molecule has 2 N–H and O–H groups in total. The highest BCUT2D eigenvalue weighted by molar-refractivity contribution is 8.00. The van der Waals surface area contributed by atoms with Crippen molar-refractivity contribution in [1.29, 1.82) is 0 Å². The summed E-state index contributed by atoms with van der Waals surface area (Å²) >= 11 is 2.55. The van der Waals surface area contributed by atoms with Gasteiger partial charge >= 0.3 is 16.6 Å². The fourth-order valence-electron chi connectivity index (χ4n) is 3.14. The van der Waals surface area contributed by atoms with Crippen molar-refractivity contribution in [1.82, 2.24) is 5.27 Å². The van der Waals surface area contributed by atoms with E-state index in [-0.39, 0.29) is 12.5 Å². The molecular formula is C18H24N3O5S2+. The smallest absolute Gasteiger partial charge is 0.441 e. The van der Waals surface area contributed by atoms with Crippen molar-refractivity contribution in [2.24, 2.45) is 7.05 Å². The molecule has 2 aromatic rings. The molecule has 0 saturated heterocycles. The van der Waals surface area contributed by atoms with Gasteiger partial charge in [0.25, 0.3) is 0 Å². The Morgan fingerprint density at radius 2 is 2.11 bits per heavy atom. The van der Waals surface area contributed by atoms with Crippen LogP contribution in [0.5, 0.6) is 0 Å². The fourth-order valence-corrected chi connectivity index (χ4v) is 5.26. The number of carbonyl (C=O) groups is 2. The summed E-state index contributed by atoms with van der Waals surface area (Å²) in [4.78, 5) is 38.2. The molecule has 8 nitrogen and oxygen atoms in total. The van der Waals surface area contributed by atoms with Gasteiger partial charge in [0.1, 0.15) is 5.00 Å². The van der Waals surface area contributed by atoms with Gasteiger partial charge in [0, 0.05) is 4.88 Å². The van der Waals surface area contributed by atoms with Gasteiger partial charge in [-0.25, -0.2) is 9.59 Å². The molecule has 2 heterocycles. The lowest BCUT2D eigenvalue weighted by molar-refractivity contribution is -0.772. The number of amides is 1. The molecule has 0 saturated carbocycles. The Morgan fingerprint density at radius 3 is 2.79 bits per heavy atom. The Hall–Kier alpha value is -2.07. The summed E-state index contributed by atoms with van der Waals surface area (Å²) in [5.74, 6) is -0.678. The predicted molar refractivity (Wildman–Crippen MR) is 106 cm³/mol. The topological polar surface area (TPSA) is 105 Å². The number of fused-ring (bicyclic) bond motifs is 1. The number of rotatable bonds is 6. The van der Waals surface area contributed by atoms with Crippen LogP contribution in [0.3, 0.4) is 0 Å². The number of ether oxygens (including phenoxy) is 1. The van der Waals surface area contributed by atoms with Gasteiger partial charge in [0.2, 0.25) is 5.91 Å². The third kappa shape index (κ3) is 4.33. The van der Waals surface area contributed by atoms with Crippen LogP contribution in [0.1, 0.15) is 53.9 Å². The summed E-state index contributed by atoms with van der Waals surface area (Å²) in [6.07, 6.45) is 4.97. The van der Waals surface area contributed by atoms with E-state index in [0.717, 1.165) is 54.3 Å². The zero-order chi connectivity index (χ0) is 20.3. The Labute approximate surface area is 170 Å². The first kappa shape index (κ1) is 20.7. The number of thiophene rings is 1. The lowest BCUT2D eigenvalue weighted by Crippen LogP contribution is -2.35. The van der Waals surface area contributed by atoms with Gasteiger partial charge in [-0.05, 0) is 62.1 Å². The van der Waals surface area contributed by atoms with Gasteiger partial charge in [0.15, 0.2) is 7.05 Å². The number of aromatic amines is 1. The summed E-state index contributed by atoms with van der Waals surface area (Å²) in [7, 11) is 1.63. The van der Waals surface area contributed by atoms with Crippen molar-refractivity contribution in [3.05, 3.63) is 26.4 Å². The van der Waals surface area contributed by atoms with Gasteiger partial charge in [0.05, 0.1) is 17.4 Å². The zero-order valence-electron chi connectivity index (χ0n) is 16.1. The van der Waals surface area contributed by atoms with Crippen molar-refractivity contribution in [3.8, 4) is 0 Å². The minimum Gasteiger partial charge on any atom is -0.462 e. The molecule has 0 spiro atoms. The van der Waals surface area contributed by atoms with Gasteiger partial charge in [-0.15, -0.1) is 11.3 Å². The molecule has 28 heavy (non-hydrogen) atoms. The quantitative estimate of drug-likeness (QED) is 0.318. The maximum atomic E-state index is 12.7. The van der Waals surface area contributed by atoms with E-state index in [1.54, 1.807) is 20.9 Å². The molecule has 0 fully saturated rings. The first-order valence-corrected chi connectivity index (χ1v) is 11.0. The van der Waals surface area contributed by atoms with Crippen LogP contribution in [0.2, 0.25) is 0 Å². The van der Waals surface area contributed by atoms with Crippen LogP contribution >= 0.6 is 23.1 Å². The maximum Gasteiger partial charge on any atom is 0.441 e. The molecule has 2 aromatic heterocycles. The van der Waals surface area contributed by atoms with Crippen LogP contribution in [0.15, 0.2) is 14.3 Å². The number of hydrogen-bond donors (Lipinski definition) is 2. The maximum absolute atomic E-state index is 12.7. The molecule has 152 valence electrons. The van der Waals surface area contributed by atoms with E-state index < -0.39 is 16.8 Å². The molecule has 1 aliphatic rings. The van der Waals surface area contributed by atoms with Gasteiger partial charge in [-0.1, -0.05) is 11.1 Å². The number of aromatic nitrogens is 2. The van der Waals surface area contributed by atoms with Crippen LogP contribution in [0.25, 0.3) is 0 Å². The monoisotopic (exact) mass is 426 g/mol. The second-order valence-corrected chi connectivity index (χ2v) is 9.02. The van der Waals surface area contributed by atoms with E-state index in [1.165, 1.54) is 16.0 Å². The van der Waals surface area contributed by atoms with E-state index >= 15 is 0 Å². The van der Waals surface area contributed by atoms with E-state index in [4.69, 9.17) is 9.26 Å². The van der Waals surface area contributed by atoms with Crippen molar-refractivity contribution < 1.29 is 23.5 Å². The highest BCUT2D eigenvalue weighted by Crippen LogP contribution is 2.38. The molecule has 10 heteroatoms. The fraction of sp³-hybridized carbons (Fsp3) is 0.556. The number of thioether (sulfide) groups is 1. The minimum atomic E-state index is -0.554. The Morgan fingerprint density at radius 1 is 1.36 bits per heavy atom. The summed E-state index contributed by atoms with van der Waals surface area (Å²) in [5.41, 5.74) is 0.970. The lowest BCUT2D eigenvalue weighted by atomic mass is 10.1. The number of H-pyrrole nitrogens is 1. The van der Waals surface area contributed by atoms with E-state index in [0.29, 0.717) is 15.6 Å². The number of esters is 1. The minimum absolute atomic E-state index is 0.281. The van der Waals surface area contributed by atoms with Crippen molar-refractivity contribution in [3.63, 3.8) is 0 Å². The highest BCUT2D eigenvalue weighted by atomic mass is 32.2. The van der Waals surface area contributed by atoms with Crippen molar-refractivity contribution in [2.45, 2.75) is 56.2 Å². The number of anilines is 1. The normalized spacial score (nSPS) is 14.8. The third-order valence-corrected chi connectivity index (χ3v) is 6.99. The molecule has 1 aliphatic carbocycles. The largest absolute Gasteiger partial charge is 0.462 e. The van der Waals surface area contributed by atoms with Crippen LogP contribution < -0.4 is 15.6 Å². The van der Waals surface area contributed by atoms with Crippen LogP contribution in [0, 0.1) is 0 Å². The predicted octanol–water partition coefficient (Wildman–Crippen LogP) is 2.42. The molecule has 1 amide bonds. The van der Waals surface area contributed by atoms with Crippen LogP contribution in [0.4, 0.5) is 5.00 Å². The third-order valence-electron chi connectivity index (χ3n) is 4.55. The van der Waals surface area contributed by atoms with Crippen LogP contribution in [-0.4, -0.2) is 29.0 Å². The molecule has 0 aliphatic heterocycles. The standard InChI is InChI=1S/C18H23N3O5S2/c1-4-25-17(23)13-11-8-6-5-7-9-12(11)28-15(13)19-14(22)10(2)27-16-18(24)26-20-21(16)3/h10H,4-9H2,1-3H3,(H-,19,20,22,23,24)/p+1. The molecule has 0 bridgehead atoms. The average molecular weight is 427 g/mol. The summed E-state index contributed by atoms with van der Waals surface area (Å²) < 4.78 is 11.4. The van der Waals surface area contributed by atoms with Gasteiger partial charge < -0.3 is 10.1 Å². The van der Waals surface area contributed by atoms with Gasteiger partial charge in [-0.2, -0.15) is 0 Å². The second kappa shape index (κ2) is 8.95. The first-order chi connectivity index (χ1) is 13.4. The lowest BCUT2D eigenvalue weighted by Gasteiger charge is -2.11. The SMILES string of the molecule is CCOC(=O)c1c(NC(=O)C(C)Sc2c(=O)o[nH][n+]2C)sc2c1CCCCC2. The average Bonchev–Trinajstić information content (AvgIpc) is 3.05. The highest BCUT2D eigenvalue weighted by Gasteiger charge is 2.29. The molecular weight excluding hydrogens is 402 g/mol. The number of carbonyl (C=O) groups excluding carboxylic acids is 2.